The zero-order valence-electron chi connectivity index (χ0n) is 18.5. The van der Waals surface area contributed by atoms with Gasteiger partial charge in [-0.05, 0) is 52.4 Å². The third-order valence-corrected chi connectivity index (χ3v) is 6.11. The van der Waals surface area contributed by atoms with Crippen molar-refractivity contribution in [3.63, 3.8) is 0 Å². The van der Waals surface area contributed by atoms with Crippen LogP contribution in [0.2, 0.25) is 0 Å². The highest BCUT2D eigenvalue weighted by Crippen LogP contribution is 2.41. The van der Waals surface area contributed by atoms with Gasteiger partial charge in [-0.15, -0.1) is 24.0 Å². The lowest BCUT2D eigenvalue weighted by molar-refractivity contribution is -0.0174. The molecule has 2 unspecified atom stereocenters. The third kappa shape index (κ3) is 8.32. The highest BCUT2D eigenvalue weighted by Gasteiger charge is 2.33. The van der Waals surface area contributed by atoms with Crippen LogP contribution in [-0.2, 0) is 9.47 Å². The first kappa shape index (κ1) is 25.9. The fourth-order valence-electron chi connectivity index (χ4n) is 4.39. The third-order valence-electron chi connectivity index (χ3n) is 6.11. The largest absolute Gasteiger partial charge is 0.382 e. The van der Waals surface area contributed by atoms with E-state index in [0.717, 1.165) is 65.0 Å². The van der Waals surface area contributed by atoms with Gasteiger partial charge in [-0.2, -0.15) is 0 Å². The standard InChI is InChI=1S/C21H42N4O2.HI/c1-5-22-20(23-15-18(3)25-12-14-27-16-19(25)4)24-17-21(9-7-8-10-21)11-13-26-6-2;/h18-19H,5-17H2,1-4H3,(H2,22,23,24);1H. The molecule has 0 spiro atoms. The van der Waals surface area contributed by atoms with Crippen LogP contribution in [0, 0.1) is 5.41 Å². The fraction of sp³-hybridized carbons (Fsp3) is 0.952. The maximum atomic E-state index is 5.64. The topological polar surface area (TPSA) is 58.1 Å². The minimum Gasteiger partial charge on any atom is -0.382 e. The highest BCUT2D eigenvalue weighted by molar-refractivity contribution is 14.0. The molecule has 166 valence electrons. The maximum absolute atomic E-state index is 5.64. The Morgan fingerprint density at radius 3 is 2.68 bits per heavy atom. The number of hydrogen-bond acceptors (Lipinski definition) is 4. The van der Waals surface area contributed by atoms with Gasteiger partial charge in [0.15, 0.2) is 5.96 Å². The second-order valence-corrected chi connectivity index (χ2v) is 8.24. The van der Waals surface area contributed by atoms with Crippen LogP contribution in [0.5, 0.6) is 0 Å². The van der Waals surface area contributed by atoms with E-state index in [1.807, 2.05) is 0 Å². The number of halogens is 1. The van der Waals surface area contributed by atoms with E-state index in [1.165, 1.54) is 25.7 Å². The minimum atomic E-state index is 0. The molecule has 1 aliphatic carbocycles. The fourth-order valence-corrected chi connectivity index (χ4v) is 4.39. The van der Waals surface area contributed by atoms with E-state index in [4.69, 9.17) is 14.5 Å². The number of morpholine rings is 1. The molecule has 2 atom stereocenters. The summed E-state index contributed by atoms with van der Waals surface area (Å²) in [5.74, 6) is 0.952. The number of ether oxygens (including phenoxy) is 2. The van der Waals surface area contributed by atoms with Crippen LogP contribution in [0.25, 0.3) is 0 Å². The van der Waals surface area contributed by atoms with Gasteiger partial charge in [-0.3, -0.25) is 9.89 Å². The molecule has 2 aliphatic rings. The Morgan fingerprint density at radius 2 is 2.04 bits per heavy atom. The lowest BCUT2D eigenvalue weighted by Crippen LogP contribution is -2.53. The number of nitrogens with zero attached hydrogens (tertiary/aromatic N) is 2. The average molecular weight is 511 g/mol. The van der Waals surface area contributed by atoms with Crippen LogP contribution in [0.4, 0.5) is 0 Å². The second kappa shape index (κ2) is 14.0. The summed E-state index contributed by atoms with van der Waals surface area (Å²) in [5, 5.41) is 7.00. The summed E-state index contributed by atoms with van der Waals surface area (Å²) < 4.78 is 11.2. The average Bonchev–Trinajstić information content (AvgIpc) is 3.13. The number of aliphatic imine (C=N–C) groups is 1. The Bertz CT molecular complexity index is 444. The molecule has 0 radical (unpaired) electrons. The molecule has 2 N–H and O–H groups in total. The monoisotopic (exact) mass is 510 g/mol. The number of hydrogen-bond donors (Lipinski definition) is 2. The molecule has 2 fully saturated rings. The summed E-state index contributed by atoms with van der Waals surface area (Å²) in [4.78, 5) is 7.51. The summed E-state index contributed by atoms with van der Waals surface area (Å²) >= 11 is 0. The molecular formula is C21H43IN4O2. The van der Waals surface area contributed by atoms with Gasteiger partial charge in [0.25, 0.3) is 0 Å². The molecule has 0 bridgehead atoms. The van der Waals surface area contributed by atoms with Gasteiger partial charge in [0.05, 0.1) is 13.2 Å². The quantitative estimate of drug-likeness (QED) is 0.205. The highest BCUT2D eigenvalue weighted by atomic mass is 127. The van der Waals surface area contributed by atoms with Crippen molar-refractivity contribution in [1.82, 2.24) is 15.5 Å². The van der Waals surface area contributed by atoms with Crippen molar-refractivity contribution in [2.24, 2.45) is 10.4 Å². The van der Waals surface area contributed by atoms with Crippen LogP contribution in [0.1, 0.15) is 59.8 Å². The molecule has 0 aromatic heterocycles. The van der Waals surface area contributed by atoms with Crippen molar-refractivity contribution >= 4 is 29.9 Å². The van der Waals surface area contributed by atoms with E-state index in [2.05, 4.69) is 43.2 Å². The lowest BCUT2D eigenvalue weighted by atomic mass is 9.83. The Balaban J connectivity index is 0.00000392. The lowest BCUT2D eigenvalue weighted by Gasteiger charge is -2.38. The van der Waals surface area contributed by atoms with Gasteiger partial charge >= 0.3 is 0 Å². The molecule has 7 heteroatoms. The van der Waals surface area contributed by atoms with Crippen molar-refractivity contribution in [1.29, 1.82) is 0 Å². The predicted octanol–water partition coefficient (Wildman–Crippen LogP) is 3.26. The Kier molecular flexibility index (Phi) is 12.9. The van der Waals surface area contributed by atoms with Gasteiger partial charge in [0.2, 0.25) is 0 Å². The summed E-state index contributed by atoms with van der Waals surface area (Å²) in [7, 11) is 0. The molecule has 1 saturated carbocycles. The molecular weight excluding hydrogens is 467 g/mol. The summed E-state index contributed by atoms with van der Waals surface area (Å²) in [5.41, 5.74) is 0.335. The molecule has 0 amide bonds. The van der Waals surface area contributed by atoms with Crippen molar-refractivity contribution in [3.05, 3.63) is 0 Å². The Hall–Kier alpha value is -0.120. The van der Waals surface area contributed by atoms with Crippen LogP contribution < -0.4 is 10.6 Å². The van der Waals surface area contributed by atoms with E-state index in [1.54, 1.807) is 0 Å². The zero-order chi connectivity index (χ0) is 19.5. The first-order chi connectivity index (χ1) is 13.1. The van der Waals surface area contributed by atoms with Crippen LogP contribution in [0.3, 0.4) is 0 Å². The molecule has 6 nitrogen and oxygen atoms in total. The van der Waals surface area contributed by atoms with E-state index in [9.17, 15) is 0 Å². The molecule has 1 heterocycles. The number of rotatable bonds is 10. The van der Waals surface area contributed by atoms with E-state index in [-0.39, 0.29) is 24.0 Å². The van der Waals surface area contributed by atoms with Crippen molar-refractivity contribution in [2.75, 3.05) is 52.6 Å². The smallest absolute Gasteiger partial charge is 0.191 e. The second-order valence-electron chi connectivity index (χ2n) is 8.24. The number of nitrogens with one attached hydrogen (secondary N) is 2. The van der Waals surface area contributed by atoms with Gasteiger partial charge in [-0.1, -0.05) is 12.8 Å². The maximum Gasteiger partial charge on any atom is 0.191 e. The van der Waals surface area contributed by atoms with Crippen molar-refractivity contribution in [2.45, 2.75) is 71.9 Å². The van der Waals surface area contributed by atoms with Gasteiger partial charge in [0.1, 0.15) is 0 Å². The Labute approximate surface area is 189 Å². The summed E-state index contributed by atoms with van der Waals surface area (Å²) in [6.45, 7) is 15.8. The van der Waals surface area contributed by atoms with E-state index >= 15 is 0 Å². The summed E-state index contributed by atoms with van der Waals surface area (Å²) in [6, 6.07) is 0.946. The predicted molar refractivity (Wildman–Crippen MR) is 128 cm³/mol. The van der Waals surface area contributed by atoms with Gasteiger partial charge in [0, 0.05) is 51.5 Å². The zero-order valence-corrected chi connectivity index (χ0v) is 20.8. The molecule has 1 saturated heterocycles. The normalized spacial score (nSPS) is 23.9. The molecule has 0 aromatic carbocycles. The van der Waals surface area contributed by atoms with Crippen molar-refractivity contribution in [3.8, 4) is 0 Å². The van der Waals surface area contributed by atoms with Gasteiger partial charge in [-0.25, -0.2) is 0 Å². The number of guanidine groups is 1. The molecule has 0 aromatic rings. The van der Waals surface area contributed by atoms with Crippen LogP contribution >= 0.6 is 24.0 Å². The molecule has 1 aliphatic heterocycles. The Morgan fingerprint density at radius 1 is 1.29 bits per heavy atom. The van der Waals surface area contributed by atoms with Crippen molar-refractivity contribution < 1.29 is 9.47 Å². The molecule has 28 heavy (non-hydrogen) atoms. The van der Waals surface area contributed by atoms with Gasteiger partial charge < -0.3 is 20.1 Å². The van der Waals surface area contributed by atoms with Crippen LogP contribution in [-0.4, -0.2) is 75.5 Å². The minimum absolute atomic E-state index is 0. The van der Waals surface area contributed by atoms with E-state index in [0.29, 0.717) is 17.5 Å². The van der Waals surface area contributed by atoms with E-state index < -0.39 is 0 Å². The molecule has 2 rings (SSSR count). The van der Waals surface area contributed by atoms with Crippen LogP contribution in [0.15, 0.2) is 4.99 Å². The first-order valence-electron chi connectivity index (χ1n) is 11.0. The summed E-state index contributed by atoms with van der Waals surface area (Å²) in [6.07, 6.45) is 6.36. The first-order valence-corrected chi connectivity index (χ1v) is 11.0. The SMILES string of the molecule is CCNC(=NCC1(CCOCC)CCCC1)NCC(C)N1CCOCC1C.I.